The van der Waals surface area contributed by atoms with Gasteiger partial charge in [-0.25, -0.2) is 4.99 Å². The summed E-state index contributed by atoms with van der Waals surface area (Å²) in [7, 11) is 0. The number of hydrogen-bond acceptors (Lipinski definition) is 6. The number of nitrogens with two attached hydrogens (primary N) is 1. The minimum Gasteiger partial charge on any atom is -0.364 e. The van der Waals surface area contributed by atoms with Crippen LogP contribution in [0.25, 0.3) is 0 Å². The predicted octanol–water partition coefficient (Wildman–Crippen LogP) is 4.51. The highest BCUT2D eigenvalue weighted by molar-refractivity contribution is 6.12. The van der Waals surface area contributed by atoms with E-state index in [1.807, 2.05) is 36.5 Å². The molecule has 2 aromatic rings. The third-order valence-corrected chi connectivity index (χ3v) is 6.11. The van der Waals surface area contributed by atoms with E-state index in [0.717, 1.165) is 46.8 Å². The van der Waals surface area contributed by atoms with Crippen molar-refractivity contribution >= 4 is 11.7 Å². The van der Waals surface area contributed by atoms with Crippen LogP contribution in [-0.2, 0) is 13.1 Å². The Morgan fingerprint density at radius 1 is 0.914 bits per heavy atom. The first-order chi connectivity index (χ1) is 17.3. The summed E-state index contributed by atoms with van der Waals surface area (Å²) in [5.74, 6) is 1.48. The fourth-order valence-corrected chi connectivity index (χ4v) is 4.19. The van der Waals surface area contributed by atoms with Crippen molar-refractivity contribution in [1.29, 1.82) is 0 Å². The lowest BCUT2D eigenvalue weighted by Gasteiger charge is -2.17. The summed E-state index contributed by atoms with van der Waals surface area (Å²) >= 11 is 0. The largest absolute Gasteiger partial charge is 0.364 e. The van der Waals surface area contributed by atoms with Gasteiger partial charge in [-0.15, -0.1) is 0 Å². The summed E-state index contributed by atoms with van der Waals surface area (Å²) in [4.78, 5) is 18.8. The van der Waals surface area contributed by atoms with Crippen LogP contribution in [-0.4, -0.2) is 28.2 Å². The van der Waals surface area contributed by atoms with Gasteiger partial charge in [-0.3, -0.25) is 15.0 Å². The first kappa shape index (κ1) is 22.6. The molecule has 6 nitrogen and oxygen atoms in total. The fourth-order valence-electron chi connectivity index (χ4n) is 4.19. The lowest BCUT2D eigenvalue weighted by molar-refractivity contribution is 0.867. The molecule has 0 atom stereocenters. The second-order valence-corrected chi connectivity index (χ2v) is 8.46. The molecule has 0 fully saturated rings. The van der Waals surface area contributed by atoms with Crippen LogP contribution in [0.1, 0.15) is 29.8 Å². The molecule has 0 unspecified atom stereocenters. The summed E-state index contributed by atoms with van der Waals surface area (Å²) < 4.78 is 0. The van der Waals surface area contributed by atoms with Gasteiger partial charge in [-0.1, -0.05) is 54.7 Å². The molecule has 0 saturated carbocycles. The average Bonchev–Trinajstić information content (AvgIpc) is 3.36. The number of nitrogens with zero attached hydrogens (tertiary/aromatic N) is 4. The van der Waals surface area contributed by atoms with E-state index >= 15 is 0 Å². The van der Waals surface area contributed by atoms with Crippen molar-refractivity contribution in [3.63, 3.8) is 0 Å². The molecule has 0 bridgehead atoms. The predicted molar refractivity (Wildman–Crippen MR) is 142 cm³/mol. The standard InChI is InChI=1S/C29H28N6/c30-17-25-14-13-24(19-32-25)28-33-18-23-11-7-10-22(21-8-3-1-2-4-9-21)16-27(23)29(35-28)34-20-26-12-5-6-15-31-26/h1-8,10-15,19H,9,16-18,20,30H2,(H,33,34,35). The van der Waals surface area contributed by atoms with Crippen LogP contribution in [0, 0.1) is 0 Å². The Morgan fingerprint density at radius 2 is 1.86 bits per heavy atom. The molecule has 2 aliphatic carbocycles. The fraction of sp³-hybridized carbons (Fsp3) is 0.172. The van der Waals surface area contributed by atoms with Gasteiger partial charge in [0.1, 0.15) is 5.84 Å². The Kier molecular flexibility index (Phi) is 7.01. The van der Waals surface area contributed by atoms with Gasteiger partial charge in [0.25, 0.3) is 0 Å². The smallest absolute Gasteiger partial charge is 0.158 e. The van der Waals surface area contributed by atoms with Crippen LogP contribution in [0.2, 0.25) is 0 Å². The molecule has 2 aromatic heterocycles. The Balaban J connectivity index is 1.49. The number of allylic oxidation sites excluding steroid dienone is 9. The van der Waals surface area contributed by atoms with Crippen LogP contribution in [0.15, 0.2) is 124 Å². The zero-order valence-electron chi connectivity index (χ0n) is 19.6. The molecule has 3 heterocycles. The highest BCUT2D eigenvalue weighted by Gasteiger charge is 2.21. The minimum atomic E-state index is 0.406. The second-order valence-electron chi connectivity index (χ2n) is 8.46. The Labute approximate surface area is 205 Å². The van der Waals surface area contributed by atoms with Crippen molar-refractivity contribution in [3.05, 3.63) is 131 Å². The number of nitrogens with one attached hydrogen (secondary N) is 1. The highest BCUT2D eigenvalue weighted by atomic mass is 15.1. The molecule has 3 aliphatic rings. The number of hydrogen-bond donors (Lipinski definition) is 2. The van der Waals surface area contributed by atoms with E-state index in [2.05, 4.69) is 63.9 Å². The van der Waals surface area contributed by atoms with Crippen LogP contribution < -0.4 is 11.1 Å². The van der Waals surface area contributed by atoms with E-state index in [1.54, 1.807) is 6.20 Å². The Morgan fingerprint density at radius 3 is 2.69 bits per heavy atom. The monoisotopic (exact) mass is 460 g/mol. The SMILES string of the molecule is NCc1ccc(C2=NCC3=C(CC(C4=CC=CC=CC4)=CC=C3)C(NCc3ccccn3)=N2)cn1. The van der Waals surface area contributed by atoms with E-state index in [9.17, 15) is 0 Å². The molecular weight excluding hydrogens is 432 g/mol. The molecular formula is C29H28N6. The highest BCUT2D eigenvalue weighted by Crippen LogP contribution is 2.30. The van der Waals surface area contributed by atoms with Gasteiger partial charge in [0.15, 0.2) is 5.84 Å². The zero-order valence-corrected chi connectivity index (χ0v) is 19.6. The topological polar surface area (TPSA) is 88.5 Å². The van der Waals surface area contributed by atoms with Crippen molar-refractivity contribution in [2.75, 3.05) is 6.54 Å². The average molecular weight is 461 g/mol. The summed E-state index contributed by atoms with van der Waals surface area (Å²) in [5.41, 5.74) is 13.3. The molecule has 1 aliphatic heterocycles. The van der Waals surface area contributed by atoms with Gasteiger partial charge in [0, 0.05) is 36.5 Å². The van der Waals surface area contributed by atoms with E-state index in [0.29, 0.717) is 25.5 Å². The third kappa shape index (κ3) is 5.50. The van der Waals surface area contributed by atoms with E-state index < -0.39 is 0 Å². The normalized spacial score (nSPS) is 17.4. The van der Waals surface area contributed by atoms with Gasteiger partial charge in [-0.05, 0) is 47.4 Å². The number of pyridine rings is 2. The Hall–Kier alpha value is -4.16. The number of rotatable bonds is 5. The molecule has 0 aromatic carbocycles. The molecule has 174 valence electrons. The van der Waals surface area contributed by atoms with Crippen molar-refractivity contribution in [2.45, 2.75) is 25.9 Å². The molecule has 5 rings (SSSR count). The van der Waals surface area contributed by atoms with Crippen LogP contribution in [0.5, 0.6) is 0 Å². The molecule has 0 spiro atoms. The van der Waals surface area contributed by atoms with Gasteiger partial charge in [-0.2, -0.15) is 0 Å². The summed E-state index contributed by atoms with van der Waals surface area (Å²) in [6, 6.07) is 9.85. The van der Waals surface area contributed by atoms with Crippen LogP contribution in [0.4, 0.5) is 0 Å². The first-order valence-corrected chi connectivity index (χ1v) is 11.8. The number of amidine groups is 2. The molecule has 6 heteroatoms. The summed E-state index contributed by atoms with van der Waals surface area (Å²) in [5, 5.41) is 3.56. The Bertz CT molecular complexity index is 1320. The summed E-state index contributed by atoms with van der Waals surface area (Å²) in [6.07, 6.45) is 22.5. The summed E-state index contributed by atoms with van der Waals surface area (Å²) in [6.45, 7) is 1.53. The molecule has 35 heavy (non-hydrogen) atoms. The molecule has 0 saturated heterocycles. The van der Waals surface area contributed by atoms with Crippen LogP contribution >= 0.6 is 0 Å². The third-order valence-electron chi connectivity index (χ3n) is 6.11. The van der Waals surface area contributed by atoms with E-state index in [4.69, 9.17) is 15.7 Å². The molecule has 0 radical (unpaired) electrons. The minimum absolute atomic E-state index is 0.406. The number of aromatic nitrogens is 2. The van der Waals surface area contributed by atoms with Gasteiger partial charge >= 0.3 is 0 Å². The molecule has 3 N–H and O–H groups in total. The van der Waals surface area contributed by atoms with Crippen LogP contribution in [0.3, 0.4) is 0 Å². The second kappa shape index (κ2) is 10.8. The number of aliphatic imine (C=N–C) groups is 2. The van der Waals surface area contributed by atoms with Gasteiger partial charge < -0.3 is 11.1 Å². The maximum Gasteiger partial charge on any atom is 0.158 e. The van der Waals surface area contributed by atoms with Crippen molar-refractivity contribution in [3.8, 4) is 0 Å². The maximum atomic E-state index is 5.73. The van der Waals surface area contributed by atoms with Gasteiger partial charge in [0.05, 0.1) is 24.5 Å². The van der Waals surface area contributed by atoms with Crippen molar-refractivity contribution < 1.29 is 0 Å². The quantitative estimate of drug-likeness (QED) is 0.687. The zero-order chi connectivity index (χ0) is 23.9. The lowest BCUT2D eigenvalue weighted by atomic mass is 9.93. The van der Waals surface area contributed by atoms with Crippen molar-refractivity contribution in [2.24, 2.45) is 15.7 Å². The van der Waals surface area contributed by atoms with E-state index in [1.165, 1.54) is 11.1 Å². The maximum absolute atomic E-state index is 5.73. The van der Waals surface area contributed by atoms with E-state index in [-0.39, 0.29) is 0 Å². The molecule has 0 amide bonds. The van der Waals surface area contributed by atoms with Crippen molar-refractivity contribution in [1.82, 2.24) is 15.3 Å². The van der Waals surface area contributed by atoms with Gasteiger partial charge in [0.2, 0.25) is 0 Å². The first-order valence-electron chi connectivity index (χ1n) is 11.8. The lowest BCUT2D eigenvalue weighted by Crippen LogP contribution is -2.27.